The van der Waals surface area contributed by atoms with Crippen LogP contribution in [0.1, 0.15) is 0 Å². The van der Waals surface area contributed by atoms with Gasteiger partial charge in [-0.15, -0.1) is 10.2 Å². The lowest BCUT2D eigenvalue weighted by Gasteiger charge is -2.06. The smallest absolute Gasteiger partial charge is 0.121 e. The number of hydrogen-bond donors (Lipinski definition) is 0. The molecule has 5 aromatic carbocycles. The maximum absolute atomic E-state index is 4.45. The summed E-state index contributed by atoms with van der Waals surface area (Å²) < 4.78 is 3.75. The van der Waals surface area contributed by atoms with E-state index in [2.05, 4.69) is 69.2 Å². The van der Waals surface area contributed by atoms with E-state index in [1.165, 1.54) is 0 Å². The molecule has 0 spiro atoms. The predicted molar refractivity (Wildman–Crippen MR) is 126 cm³/mol. The van der Waals surface area contributed by atoms with Gasteiger partial charge in [-0.3, -0.25) is 0 Å². The number of nitrogens with zero attached hydrogens (tertiary/aromatic N) is 6. The molecule has 0 radical (unpaired) electrons. The van der Waals surface area contributed by atoms with Crippen LogP contribution < -0.4 is 0 Å². The highest BCUT2D eigenvalue weighted by Gasteiger charge is 2.12. The summed E-state index contributed by atoms with van der Waals surface area (Å²) >= 11 is 0. The molecule has 0 atom stereocenters. The Morgan fingerprint density at radius 3 is 1.34 bits per heavy atom. The molecular formula is C26H16N6. The van der Waals surface area contributed by atoms with Crippen LogP contribution in [0, 0.1) is 0 Å². The van der Waals surface area contributed by atoms with E-state index >= 15 is 0 Å². The third kappa shape index (κ3) is 2.40. The minimum absolute atomic E-state index is 0.904. The lowest BCUT2D eigenvalue weighted by atomic mass is 10.1. The lowest BCUT2D eigenvalue weighted by Crippen LogP contribution is -1.99. The molecule has 0 aliphatic heterocycles. The monoisotopic (exact) mass is 412 g/mol. The summed E-state index contributed by atoms with van der Waals surface area (Å²) in [5, 5.41) is 22.3. The van der Waals surface area contributed by atoms with E-state index in [9.17, 15) is 0 Å². The van der Waals surface area contributed by atoms with Crippen molar-refractivity contribution in [3.05, 3.63) is 97.1 Å². The molecule has 0 bridgehead atoms. The Morgan fingerprint density at radius 2 is 0.875 bits per heavy atom. The second-order valence-corrected chi connectivity index (χ2v) is 7.83. The maximum Gasteiger partial charge on any atom is 0.121 e. The van der Waals surface area contributed by atoms with Crippen molar-refractivity contribution in [2.45, 2.75) is 0 Å². The Labute approximate surface area is 182 Å². The van der Waals surface area contributed by atoms with Crippen molar-refractivity contribution in [2.24, 2.45) is 0 Å². The van der Waals surface area contributed by atoms with Gasteiger partial charge in [-0.05, 0) is 47.2 Å². The molecule has 0 fully saturated rings. The number of benzene rings is 5. The van der Waals surface area contributed by atoms with Gasteiger partial charge in [-0.25, -0.2) is 9.36 Å². The molecular weight excluding hydrogens is 396 g/mol. The van der Waals surface area contributed by atoms with E-state index in [0.717, 1.165) is 55.0 Å². The van der Waals surface area contributed by atoms with Crippen molar-refractivity contribution < 1.29 is 0 Å². The Hall–Kier alpha value is -4.58. The molecule has 7 rings (SSSR count). The molecule has 2 aromatic heterocycles. The van der Waals surface area contributed by atoms with Crippen LogP contribution in [0.4, 0.5) is 0 Å². The second kappa shape index (κ2) is 6.46. The highest BCUT2D eigenvalue weighted by Crippen LogP contribution is 2.27. The first kappa shape index (κ1) is 17.1. The first-order valence-electron chi connectivity index (χ1n) is 10.4. The number of hydrogen-bond acceptors (Lipinski definition) is 4. The normalized spacial score (nSPS) is 11.8. The van der Waals surface area contributed by atoms with Crippen LogP contribution in [0.15, 0.2) is 97.1 Å². The summed E-state index contributed by atoms with van der Waals surface area (Å²) in [4.78, 5) is 0. The largest absolute Gasteiger partial charge is 0.213 e. The Kier molecular flexibility index (Phi) is 3.46. The van der Waals surface area contributed by atoms with Gasteiger partial charge in [0.1, 0.15) is 11.0 Å². The molecule has 0 saturated heterocycles. The Morgan fingerprint density at radius 1 is 0.438 bits per heavy atom. The van der Waals surface area contributed by atoms with Crippen molar-refractivity contribution in [1.29, 1.82) is 0 Å². The fraction of sp³-hybridized carbons (Fsp3) is 0. The minimum atomic E-state index is 0.904. The van der Waals surface area contributed by atoms with E-state index < -0.39 is 0 Å². The highest BCUT2D eigenvalue weighted by molar-refractivity contribution is 6.05. The minimum Gasteiger partial charge on any atom is -0.213 e. The summed E-state index contributed by atoms with van der Waals surface area (Å²) in [5.74, 6) is 0. The van der Waals surface area contributed by atoms with Crippen molar-refractivity contribution in [2.75, 3.05) is 0 Å². The summed E-state index contributed by atoms with van der Waals surface area (Å²) in [6, 6.07) is 33.0. The van der Waals surface area contributed by atoms with E-state index in [0.29, 0.717) is 0 Å². The Balaban J connectivity index is 1.33. The number of aromatic nitrogens is 6. The summed E-state index contributed by atoms with van der Waals surface area (Å²) in [6.07, 6.45) is 0. The molecule has 7 aromatic rings. The average molecular weight is 412 g/mol. The van der Waals surface area contributed by atoms with E-state index in [1.807, 2.05) is 57.9 Å². The van der Waals surface area contributed by atoms with Crippen LogP contribution in [0.25, 0.3) is 55.0 Å². The third-order valence-electron chi connectivity index (χ3n) is 6.02. The molecule has 32 heavy (non-hydrogen) atoms. The molecule has 2 heterocycles. The van der Waals surface area contributed by atoms with Crippen molar-refractivity contribution in [3.63, 3.8) is 0 Å². The first-order valence-corrected chi connectivity index (χ1v) is 10.4. The zero-order valence-electron chi connectivity index (χ0n) is 16.9. The Bertz CT molecular complexity index is 1640. The van der Waals surface area contributed by atoms with E-state index in [4.69, 9.17) is 0 Å². The third-order valence-corrected chi connectivity index (χ3v) is 6.02. The fourth-order valence-corrected chi connectivity index (χ4v) is 4.43. The lowest BCUT2D eigenvalue weighted by molar-refractivity contribution is 0.813. The summed E-state index contributed by atoms with van der Waals surface area (Å²) in [5.41, 5.74) is 5.66. The van der Waals surface area contributed by atoms with Gasteiger partial charge in [-0.2, -0.15) is 0 Å². The molecule has 0 amide bonds. The highest BCUT2D eigenvalue weighted by atomic mass is 15.4. The van der Waals surface area contributed by atoms with Gasteiger partial charge >= 0.3 is 0 Å². The molecule has 0 unspecified atom stereocenters. The molecule has 0 saturated carbocycles. The van der Waals surface area contributed by atoms with Crippen LogP contribution in [-0.4, -0.2) is 30.0 Å². The van der Waals surface area contributed by atoms with E-state index in [-0.39, 0.29) is 0 Å². The SMILES string of the molecule is c1ccc2c(c1)ccc1c2nnn1-c1ccc(-n2nnc3c4ccccc4ccc32)cc1. The van der Waals surface area contributed by atoms with Gasteiger partial charge in [0, 0.05) is 10.8 Å². The van der Waals surface area contributed by atoms with E-state index in [1.54, 1.807) is 0 Å². The zero-order valence-corrected chi connectivity index (χ0v) is 16.9. The van der Waals surface area contributed by atoms with Gasteiger partial charge in [0.05, 0.1) is 22.4 Å². The van der Waals surface area contributed by atoms with Gasteiger partial charge in [0.15, 0.2) is 0 Å². The quantitative estimate of drug-likeness (QED) is 0.378. The van der Waals surface area contributed by atoms with Gasteiger partial charge in [0.2, 0.25) is 0 Å². The van der Waals surface area contributed by atoms with Crippen LogP contribution in [-0.2, 0) is 0 Å². The summed E-state index contributed by atoms with van der Waals surface area (Å²) in [6.45, 7) is 0. The van der Waals surface area contributed by atoms with Crippen molar-refractivity contribution in [1.82, 2.24) is 30.0 Å². The molecule has 6 nitrogen and oxygen atoms in total. The molecule has 0 aliphatic carbocycles. The van der Waals surface area contributed by atoms with Crippen LogP contribution in [0.2, 0.25) is 0 Å². The van der Waals surface area contributed by atoms with Crippen molar-refractivity contribution >= 4 is 43.6 Å². The van der Waals surface area contributed by atoms with Crippen molar-refractivity contribution in [3.8, 4) is 11.4 Å². The molecule has 6 heteroatoms. The standard InChI is InChI=1S/C26H16N6/c1-3-7-21-17(5-1)9-15-23-25(21)27-29-31(23)19-11-13-20(14-12-19)32-24-16-10-18-6-2-4-8-22(18)26(24)28-30-32/h1-16H. The maximum atomic E-state index is 4.45. The van der Waals surface area contributed by atoms with Crippen LogP contribution >= 0.6 is 0 Å². The van der Waals surface area contributed by atoms with Crippen LogP contribution in [0.3, 0.4) is 0 Å². The molecule has 150 valence electrons. The fourth-order valence-electron chi connectivity index (χ4n) is 4.43. The summed E-state index contributed by atoms with van der Waals surface area (Å²) in [7, 11) is 0. The molecule has 0 aliphatic rings. The zero-order chi connectivity index (χ0) is 21.1. The molecule has 0 N–H and O–H groups in total. The average Bonchev–Trinajstić information content (AvgIpc) is 3.49. The first-order chi connectivity index (χ1) is 15.9. The van der Waals surface area contributed by atoms with Gasteiger partial charge in [-0.1, -0.05) is 71.1 Å². The predicted octanol–water partition coefficient (Wildman–Crippen LogP) is 5.46. The van der Waals surface area contributed by atoms with Gasteiger partial charge < -0.3 is 0 Å². The van der Waals surface area contributed by atoms with Crippen LogP contribution in [0.5, 0.6) is 0 Å². The van der Waals surface area contributed by atoms with Gasteiger partial charge in [0.25, 0.3) is 0 Å². The second-order valence-electron chi connectivity index (χ2n) is 7.83. The topological polar surface area (TPSA) is 61.4 Å². The number of rotatable bonds is 2. The number of fused-ring (bicyclic) bond motifs is 6.